The molecule has 2 rings (SSSR count). The van der Waals surface area contributed by atoms with Crippen molar-refractivity contribution in [2.75, 3.05) is 13.7 Å². The monoisotopic (exact) mass is 458 g/mol. The number of carbonyl (C=O) groups excluding carboxylic acids is 1. The Morgan fingerprint density at radius 3 is 2.36 bits per heavy atom. The summed E-state index contributed by atoms with van der Waals surface area (Å²) >= 11 is 0. The van der Waals surface area contributed by atoms with Gasteiger partial charge in [0.1, 0.15) is 11.6 Å². The van der Waals surface area contributed by atoms with Gasteiger partial charge in [0.15, 0.2) is 0 Å². The van der Waals surface area contributed by atoms with Crippen LogP contribution in [0.25, 0.3) is 17.2 Å². The number of hydrogen-bond acceptors (Lipinski definition) is 5. The highest BCUT2D eigenvalue weighted by Crippen LogP contribution is 2.41. The van der Waals surface area contributed by atoms with Crippen LogP contribution in [0.2, 0.25) is 0 Å². The molecule has 0 radical (unpaired) electrons. The number of halogens is 1. The molecule has 2 N–H and O–H groups in total. The molecule has 33 heavy (non-hydrogen) atoms. The second-order valence-electron chi connectivity index (χ2n) is 8.29. The fraction of sp³-hybridized carbons (Fsp3) is 0.444. The minimum Gasteiger partial charge on any atom is -0.496 e. The van der Waals surface area contributed by atoms with Gasteiger partial charge in [-0.1, -0.05) is 51.1 Å². The van der Waals surface area contributed by atoms with Gasteiger partial charge in [-0.3, -0.25) is 4.79 Å². The summed E-state index contributed by atoms with van der Waals surface area (Å²) in [7, 11) is 1.62. The number of methoxy groups -OCH3 is 1. The number of ether oxygens (including phenoxy) is 2. The third-order valence-electron chi connectivity index (χ3n) is 5.47. The SMILES string of the molecule is CCOC(=O)CC(O)CC(O)/C=C/c1c(C(C)C)cc(CC)c(OC)c1-c1ccc(F)cc1. The van der Waals surface area contributed by atoms with Crippen molar-refractivity contribution < 1.29 is 28.9 Å². The van der Waals surface area contributed by atoms with Gasteiger partial charge in [0, 0.05) is 12.0 Å². The molecule has 2 aromatic rings. The van der Waals surface area contributed by atoms with Crippen molar-refractivity contribution in [3.8, 4) is 16.9 Å². The van der Waals surface area contributed by atoms with Crippen LogP contribution in [-0.2, 0) is 16.0 Å². The first-order chi connectivity index (χ1) is 15.7. The topological polar surface area (TPSA) is 76.0 Å². The second kappa shape index (κ2) is 12.5. The van der Waals surface area contributed by atoms with E-state index < -0.39 is 18.2 Å². The summed E-state index contributed by atoms with van der Waals surface area (Å²) in [5, 5.41) is 20.6. The van der Waals surface area contributed by atoms with Crippen molar-refractivity contribution in [1.82, 2.24) is 0 Å². The third-order valence-corrected chi connectivity index (χ3v) is 5.47. The fourth-order valence-electron chi connectivity index (χ4n) is 3.87. The average molecular weight is 459 g/mol. The van der Waals surface area contributed by atoms with E-state index in [0.717, 1.165) is 34.2 Å². The summed E-state index contributed by atoms with van der Waals surface area (Å²) in [6.07, 6.45) is 2.04. The van der Waals surface area contributed by atoms with Gasteiger partial charge in [0.2, 0.25) is 0 Å². The molecule has 0 saturated heterocycles. The Morgan fingerprint density at radius 2 is 1.82 bits per heavy atom. The molecule has 0 aliphatic carbocycles. The zero-order valence-corrected chi connectivity index (χ0v) is 20.1. The molecule has 2 atom stereocenters. The summed E-state index contributed by atoms with van der Waals surface area (Å²) in [4.78, 5) is 11.6. The summed E-state index contributed by atoms with van der Waals surface area (Å²) < 4.78 is 24.2. The maximum absolute atomic E-state index is 13.6. The van der Waals surface area contributed by atoms with E-state index in [0.29, 0.717) is 5.75 Å². The first kappa shape index (κ1) is 26.6. The molecule has 0 aliphatic heterocycles. The van der Waals surface area contributed by atoms with Gasteiger partial charge in [-0.2, -0.15) is 0 Å². The lowest BCUT2D eigenvalue weighted by atomic mass is 9.86. The zero-order valence-electron chi connectivity index (χ0n) is 20.1. The number of rotatable bonds is 11. The van der Waals surface area contributed by atoms with E-state index in [2.05, 4.69) is 26.8 Å². The lowest BCUT2D eigenvalue weighted by molar-refractivity contribution is -0.145. The molecule has 5 nitrogen and oxygen atoms in total. The van der Waals surface area contributed by atoms with Crippen molar-refractivity contribution in [3.05, 3.63) is 58.9 Å². The van der Waals surface area contributed by atoms with Gasteiger partial charge in [-0.15, -0.1) is 0 Å². The van der Waals surface area contributed by atoms with Gasteiger partial charge >= 0.3 is 5.97 Å². The maximum Gasteiger partial charge on any atom is 0.308 e. The van der Waals surface area contributed by atoms with E-state index in [9.17, 15) is 19.4 Å². The zero-order chi connectivity index (χ0) is 24.5. The van der Waals surface area contributed by atoms with Crippen LogP contribution in [0.4, 0.5) is 4.39 Å². The van der Waals surface area contributed by atoms with E-state index in [4.69, 9.17) is 9.47 Å². The summed E-state index contributed by atoms with van der Waals surface area (Å²) in [6.45, 7) is 8.18. The largest absolute Gasteiger partial charge is 0.496 e. The molecule has 2 unspecified atom stereocenters. The summed E-state index contributed by atoms with van der Waals surface area (Å²) in [6, 6.07) is 8.37. The number of benzene rings is 2. The number of aryl methyl sites for hydroxylation is 1. The number of aliphatic hydroxyl groups is 2. The van der Waals surface area contributed by atoms with Gasteiger partial charge in [0.25, 0.3) is 0 Å². The van der Waals surface area contributed by atoms with Crippen LogP contribution in [0.1, 0.15) is 63.1 Å². The predicted octanol–water partition coefficient (Wildman–Crippen LogP) is 5.27. The Hall–Kier alpha value is -2.70. The molecule has 180 valence electrons. The van der Waals surface area contributed by atoms with Crippen LogP contribution in [0.15, 0.2) is 36.4 Å². The Balaban J connectivity index is 2.49. The number of esters is 1. The van der Waals surface area contributed by atoms with Crippen LogP contribution in [0.5, 0.6) is 5.75 Å². The van der Waals surface area contributed by atoms with Crippen LogP contribution in [0, 0.1) is 5.82 Å². The molecule has 6 heteroatoms. The normalized spacial score (nSPS) is 13.4. The molecule has 0 bridgehead atoms. The van der Waals surface area contributed by atoms with Crippen LogP contribution in [-0.4, -0.2) is 42.1 Å². The lowest BCUT2D eigenvalue weighted by Crippen LogP contribution is -2.20. The van der Waals surface area contributed by atoms with E-state index in [1.807, 2.05) is 6.08 Å². The average Bonchev–Trinajstić information content (AvgIpc) is 2.76. The minimum atomic E-state index is -1.01. The van der Waals surface area contributed by atoms with E-state index in [-0.39, 0.29) is 31.2 Å². The van der Waals surface area contributed by atoms with Crippen LogP contribution in [0.3, 0.4) is 0 Å². The Kier molecular flexibility index (Phi) is 10.1. The van der Waals surface area contributed by atoms with E-state index in [1.54, 1.807) is 32.2 Å². The molecule has 0 aromatic heterocycles. The van der Waals surface area contributed by atoms with E-state index in [1.165, 1.54) is 12.1 Å². The molecule has 0 heterocycles. The molecular weight excluding hydrogens is 423 g/mol. The summed E-state index contributed by atoms with van der Waals surface area (Å²) in [5.74, 6) is 0.0786. The number of aliphatic hydroxyl groups excluding tert-OH is 2. The van der Waals surface area contributed by atoms with Gasteiger partial charge in [-0.25, -0.2) is 4.39 Å². The first-order valence-electron chi connectivity index (χ1n) is 11.4. The summed E-state index contributed by atoms with van der Waals surface area (Å²) in [5.41, 5.74) is 4.62. The minimum absolute atomic E-state index is 0.00237. The van der Waals surface area contributed by atoms with Gasteiger partial charge < -0.3 is 19.7 Å². The highest BCUT2D eigenvalue weighted by molar-refractivity contribution is 5.84. The molecule has 0 saturated carbocycles. The molecule has 2 aromatic carbocycles. The highest BCUT2D eigenvalue weighted by Gasteiger charge is 2.21. The van der Waals surface area contributed by atoms with Crippen molar-refractivity contribution in [3.63, 3.8) is 0 Å². The quantitative estimate of drug-likeness (QED) is 0.449. The fourth-order valence-corrected chi connectivity index (χ4v) is 3.87. The Labute approximate surface area is 195 Å². The van der Waals surface area contributed by atoms with Gasteiger partial charge in [0.05, 0.1) is 32.3 Å². The predicted molar refractivity (Wildman–Crippen MR) is 129 cm³/mol. The first-order valence-corrected chi connectivity index (χ1v) is 11.4. The van der Waals surface area contributed by atoms with Crippen molar-refractivity contribution in [2.24, 2.45) is 0 Å². The third kappa shape index (κ3) is 7.14. The van der Waals surface area contributed by atoms with Crippen molar-refractivity contribution in [2.45, 2.75) is 65.1 Å². The Bertz CT molecular complexity index is 950. The maximum atomic E-state index is 13.6. The number of carbonyl (C=O) groups is 1. The number of hydrogen-bond donors (Lipinski definition) is 2. The van der Waals surface area contributed by atoms with Crippen LogP contribution >= 0.6 is 0 Å². The molecular formula is C27H35FO5. The van der Waals surface area contributed by atoms with Crippen molar-refractivity contribution in [1.29, 1.82) is 0 Å². The Morgan fingerprint density at radius 1 is 1.15 bits per heavy atom. The highest BCUT2D eigenvalue weighted by atomic mass is 19.1. The van der Waals surface area contributed by atoms with E-state index >= 15 is 0 Å². The standard InChI is InChI=1S/C27H35FO5/c1-6-18-14-24(17(3)4)23(13-12-21(29)15-22(30)16-25(31)33-7-2)26(27(18)32-5)19-8-10-20(28)11-9-19/h8-14,17,21-22,29-30H,6-7,15-16H2,1-5H3/b13-12+. The molecule has 0 amide bonds. The van der Waals surface area contributed by atoms with Crippen molar-refractivity contribution >= 4 is 12.0 Å². The second-order valence-corrected chi connectivity index (χ2v) is 8.29. The molecule has 0 fully saturated rings. The van der Waals surface area contributed by atoms with Crippen LogP contribution < -0.4 is 4.74 Å². The smallest absolute Gasteiger partial charge is 0.308 e. The molecule has 0 aliphatic rings. The lowest BCUT2D eigenvalue weighted by Gasteiger charge is -2.22. The van der Waals surface area contributed by atoms with Gasteiger partial charge in [-0.05, 0) is 53.6 Å². The molecule has 0 spiro atoms.